The van der Waals surface area contributed by atoms with E-state index in [1.54, 1.807) is 6.92 Å². The minimum atomic E-state index is -0.629. The minimum absolute atomic E-state index is 0.283. The van der Waals surface area contributed by atoms with Crippen LogP contribution in [-0.2, 0) is 14.3 Å². The van der Waals surface area contributed by atoms with E-state index < -0.39 is 12.1 Å². The van der Waals surface area contributed by atoms with Crippen molar-refractivity contribution in [3.05, 3.63) is 0 Å². The van der Waals surface area contributed by atoms with Gasteiger partial charge >= 0.3 is 12.1 Å². The Morgan fingerprint density at radius 2 is 1.17 bits per heavy atom. The molecule has 1 N–H and O–H groups in total. The van der Waals surface area contributed by atoms with Crippen molar-refractivity contribution in [3.63, 3.8) is 0 Å². The van der Waals surface area contributed by atoms with Crippen LogP contribution in [0.4, 0.5) is 4.79 Å². The van der Waals surface area contributed by atoms with E-state index >= 15 is 0 Å². The third-order valence-electron chi connectivity index (χ3n) is 5.30. The maximum absolute atomic E-state index is 12.3. The van der Waals surface area contributed by atoms with Crippen LogP contribution < -0.4 is 5.32 Å². The number of alkyl carbamates (subject to hydrolysis) is 1. The fourth-order valence-electron chi connectivity index (χ4n) is 3.57. The molecular formula is C25H49NO4. The lowest BCUT2D eigenvalue weighted by Gasteiger charge is -2.19. The summed E-state index contributed by atoms with van der Waals surface area (Å²) >= 11 is 0. The highest BCUT2D eigenvalue weighted by Crippen LogP contribution is 2.13. The van der Waals surface area contributed by atoms with Gasteiger partial charge in [0.1, 0.15) is 6.04 Å². The molecule has 0 aliphatic heterocycles. The van der Waals surface area contributed by atoms with Gasteiger partial charge < -0.3 is 14.8 Å². The molecule has 1 unspecified atom stereocenters. The van der Waals surface area contributed by atoms with Crippen LogP contribution in [0.2, 0.25) is 0 Å². The fraction of sp³-hybridized carbons (Fsp3) is 0.920. The molecule has 1 amide bonds. The Hall–Kier alpha value is -1.26. The highest BCUT2D eigenvalue weighted by molar-refractivity contribution is 5.81. The molecule has 0 saturated heterocycles. The molecule has 0 heterocycles. The van der Waals surface area contributed by atoms with Crippen LogP contribution in [0.15, 0.2) is 0 Å². The quantitative estimate of drug-likeness (QED) is 0.165. The molecule has 0 aromatic carbocycles. The Kier molecular flexibility index (Phi) is 20.1. The van der Waals surface area contributed by atoms with E-state index in [1.807, 2.05) is 13.8 Å². The van der Waals surface area contributed by atoms with E-state index in [2.05, 4.69) is 12.2 Å². The van der Waals surface area contributed by atoms with E-state index in [1.165, 1.54) is 77.0 Å². The summed E-state index contributed by atoms with van der Waals surface area (Å²) in [5, 5.41) is 2.62. The summed E-state index contributed by atoms with van der Waals surface area (Å²) in [4.78, 5) is 23.9. The number of carbonyl (C=O) groups excluding carboxylic acids is 2. The van der Waals surface area contributed by atoms with Crippen LogP contribution in [0.1, 0.15) is 124 Å². The Morgan fingerprint density at radius 3 is 1.60 bits per heavy atom. The van der Waals surface area contributed by atoms with Gasteiger partial charge in [-0.15, -0.1) is 0 Å². The van der Waals surface area contributed by atoms with Gasteiger partial charge in [0.15, 0.2) is 0 Å². The summed E-state index contributed by atoms with van der Waals surface area (Å²) in [5.74, 6) is -0.0722. The minimum Gasteiger partial charge on any atom is -0.464 e. The van der Waals surface area contributed by atoms with Crippen molar-refractivity contribution in [1.29, 1.82) is 0 Å². The Bertz CT molecular complexity index is 412. The average Bonchev–Trinajstić information content (AvgIpc) is 2.70. The standard InChI is InChI=1S/C25H49NO4/c1-5-7-8-9-10-11-12-13-14-15-16-17-18-19-20-30-24(27)23(21-22(3)4)26-25(28)29-6-2/h22-23H,5-21H2,1-4H3,(H,26,28). The molecule has 0 aromatic heterocycles. The number of carbonyl (C=O) groups is 2. The number of nitrogens with one attached hydrogen (secondary N) is 1. The first-order valence-electron chi connectivity index (χ1n) is 12.6. The number of rotatable bonds is 20. The van der Waals surface area contributed by atoms with Gasteiger partial charge in [-0.1, -0.05) is 104 Å². The maximum atomic E-state index is 12.3. The van der Waals surface area contributed by atoms with Gasteiger partial charge in [-0.25, -0.2) is 9.59 Å². The highest BCUT2D eigenvalue weighted by Gasteiger charge is 2.23. The molecule has 30 heavy (non-hydrogen) atoms. The first kappa shape index (κ1) is 28.7. The van der Waals surface area contributed by atoms with E-state index in [0.29, 0.717) is 13.0 Å². The summed E-state index contributed by atoms with van der Waals surface area (Å²) in [6, 6.07) is -0.629. The monoisotopic (exact) mass is 427 g/mol. The van der Waals surface area contributed by atoms with Crippen LogP contribution in [0.25, 0.3) is 0 Å². The zero-order valence-electron chi connectivity index (χ0n) is 20.3. The topological polar surface area (TPSA) is 64.6 Å². The van der Waals surface area contributed by atoms with E-state index in [9.17, 15) is 9.59 Å². The van der Waals surface area contributed by atoms with Crippen molar-refractivity contribution in [3.8, 4) is 0 Å². The predicted octanol–water partition coefficient (Wildman–Crippen LogP) is 7.17. The SMILES string of the molecule is CCCCCCCCCCCCCCCCOC(=O)C(CC(C)C)NC(=O)OCC. The molecule has 0 bridgehead atoms. The highest BCUT2D eigenvalue weighted by atomic mass is 16.6. The Balaban J connectivity index is 3.62. The van der Waals surface area contributed by atoms with Gasteiger partial charge in [0, 0.05) is 0 Å². The van der Waals surface area contributed by atoms with Crippen LogP contribution in [0.5, 0.6) is 0 Å². The lowest BCUT2D eigenvalue weighted by atomic mass is 10.0. The molecule has 0 saturated carbocycles. The second kappa shape index (κ2) is 21.0. The first-order valence-corrected chi connectivity index (χ1v) is 12.6. The molecule has 5 heteroatoms. The van der Waals surface area contributed by atoms with E-state index in [4.69, 9.17) is 9.47 Å². The normalized spacial score (nSPS) is 12.0. The summed E-state index contributed by atoms with van der Waals surface area (Å²) in [6.07, 6.45) is 18.2. The molecule has 0 fully saturated rings. The predicted molar refractivity (Wildman–Crippen MR) is 125 cm³/mol. The van der Waals surface area contributed by atoms with Gasteiger partial charge in [-0.3, -0.25) is 0 Å². The van der Waals surface area contributed by atoms with Crippen LogP contribution in [-0.4, -0.2) is 31.3 Å². The van der Waals surface area contributed by atoms with Crippen molar-refractivity contribution in [2.45, 2.75) is 130 Å². The third-order valence-corrected chi connectivity index (χ3v) is 5.30. The zero-order valence-corrected chi connectivity index (χ0v) is 20.3. The molecule has 0 aliphatic carbocycles. The molecule has 178 valence electrons. The first-order chi connectivity index (χ1) is 14.5. The number of hydrogen-bond donors (Lipinski definition) is 1. The van der Waals surface area contributed by atoms with E-state index in [-0.39, 0.29) is 18.5 Å². The van der Waals surface area contributed by atoms with Crippen LogP contribution in [0, 0.1) is 5.92 Å². The molecule has 0 aliphatic rings. The second-order valence-corrected chi connectivity index (χ2v) is 8.81. The lowest BCUT2D eigenvalue weighted by molar-refractivity contribution is -0.146. The average molecular weight is 428 g/mol. The molecule has 0 spiro atoms. The second-order valence-electron chi connectivity index (χ2n) is 8.81. The number of ether oxygens (including phenoxy) is 2. The number of hydrogen-bond acceptors (Lipinski definition) is 4. The van der Waals surface area contributed by atoms with Gasteiger partial charge in [0.25, 0.3) is 0 Å². The maximum Gasteiger partial charge on any atom is 0.407 e. The van der Waals surface area contributed by atoms with Gasteiger partial charge in [0.2, 0.25) is 0 Å². The van der Waals surface area contributed by atoms with Gasteiger partial charge in [0.05, 0.1) is 13.2 Å². The summed E-state index contributed by atoms with van der Waals surface area (Å²) < 4.78 is 10.3. The number of unbranched alkanes of at least 4 members (excludes halogenated alkanes) is 13. The smallest absolute Gasteiger partial charge is 0.407 e. The molecule has 1 atom stereocenters. The number of amides is 1. The Labute approximate surface area is 186 Å². The molecular weight excluding hydrogens is 378 g/mol. The summed E-state index contributed by atoms with van der Waals surface area (Å²) in [5.41, 5.74) is 0. The summed E-state index contributed by atoms with van der Waals surface area (Å²) in [7, 11) is 0. The van der Waals surface area contributed by atoms with Crippen LogP contribution >= 0.6 is 0 Å². The Morgan fingerprint density at radius 1 is 0.700 bits per heavy atom. The molecule has 0 radical (unpaired) electrons. The lowest BCUT2D eigenvalue weighted by Crippen LogP contribution is -2.43. The third kappa shape index (κ3) is 18.7. The largest absolute Gasteiger partial charge is 0.464 e. The van der Waals surface area contributed by atoms with E-state index in [0.717, 1.165) is 12.8 Å². The fourth-order valence-corrected chi connectivity index (χ4v) is 3.57. The molecule has 0 aromatic rings. The summed E-state index contributed by atoms with van der Waals surface area (Å²) in [6.45, 7) is 8.75. The van der Waals surface area contributed by atoms with Gasteiger partial charge in [-0.05, 0) is 25.7 Å². The van der Waals surface area contributed by atoms with Crippen molar-refractivity contribution < 1.29 is 19.1 Å². The zero-order chi connectivity index (χ0) is 22.5. The molecule has 5 nitrogen and oxygen atoms in total. The van der Waals surface area contributed by atoms with Gasteiger partial charge in [-0.2, -0.15) is 0 Å². The van der Waals surface area contributed by atoms with Crippen molar-refractivity contribution in [2.75, 3.05) is 13.2 Å². The van der Waals surface area contributed by atoms with Crippen LogP contribution in [0.3, 0.4) is 0 Å². The molecule has 0 rings (SSSR count). The number of esters is 1. The van der Waals surface area contributed by atoms with Crippen molar-refractivity contribution in [1.82, 2.24) is 5.32 Å². The van der Waals surface area contributed by atoms with Crippen molar-refractivity contribution in [2.24, 2.45) is 5.92 Å². The van der Waals surface area contributed by atoms with Crippen molar-refractivity contribution >= 4 is 12.1 Å².